The van der Waals surface area contributed by atoms with Crippen molar-refractivity contribution in [3.63, 3.8) is 0 Å². The number of benzene rings is 3. The van der Waals surface area contributed by atoms with Crippen molar-refractivity contribution in [2.75, 3.05) is 20.3 Å². The van der Waals surface area contributed by atoms with Crippen LogP contribution in [0.15, 0.2) is 78.9 Å². The average Bonchev–Trinajstić information content (AvgIpc) is 3.02. The van der Waals surface area contributed by atoms with Crippen molar-refractivity contribution < 1.29 is 52.1 Å². The summed E-state index contributed by atoms with van der Waals surface area (Å²) in [5.74, 6) is 0.143. The maximum atomic E-state index is 12.6. The molecule has 0 saturated heterocycles. The van der Waals surface area contributed by atoms with Crippen molar-refractivity contribution in [3.05, 3.63) is 90.0 Å². The molecule has 3 unspecified atom stereocenters. The molecule has 0 bridgehead atoms. The fraction of sp³-hybridized carbons (Fsp3) is 0.355. The number of carbonyl (C=O) groups is 2. The van der Waals surface area contributed by atoms with Gasteiger partial charge in [-0.05, 0) is 54.3 Å². The molecule has 13 heteroatoms. The molecule has 0 amide bonds. The zero-order valence-corrected chi connectivity index (χ0v) is 25.5. The lowest BCUT2D eigenvalue weighted by Gasteiger charge is -2.26. The molecule has 3 aromatic rings. The molecule has 12 nitrogen and oxygen atoms in total. The van der Waals surface area contributed by atoms with Crippen LogP contribution in [0.4, 0.5) is 0 Å². The standard InChI is InChI=1S/C31H38NO11P/c1-3-27(43-44(36,37)41-20-26(32)31(34)35)29(38-2)21-40-30(33)17-16-23-11-7-8-15-28(23)39-19-22-10-9-14-25(18-22)42-24-12-5-4-6-13-24/h4-15,18,26-27,29H,3,16-17,19-21,32H2,1-2H3,(H,34,35)(H,36,37)/t26-,27?,29?/m0/s1. The Morgan fingerprint density at radius 1 is 0.932 bits per heavy atom. The Morgan fingerprint density at radius 3 is 2.34 bits per heavy atom. The van der Waals surface area contributed by atoms with E-state index in [4.69, 9.17) is 34.3 Å². The first kappa shape index (κ1) is 34.7. The van der Waals surface area contributed by atoms with Crippen LogP contribution < -0.4 is 15.2 Å². The summed E-state index contributed by atoms with van der Waals surface area (Å²) < 4.78 is 44.8. The number of esters is 1. The topological polar surface area (TPSA) is 173 Å². The van der Waals surface area contributed by atoms with Crippen molar-refractivity contribution in [2.45, 2.75) is 51.0 Å². The molecule has 44 heavy (non-hydrogen) atoms. The number of phosphoric acid groups is 1. The molecule has 3 rings (SSSR count). The second-order valence-electron chi connectivity index (χ2n) is 9.68. The minimum absolute atomic E-state index is 0.0452. The second-order valence-corrected chi connectivity index (χ2v) is 11.1. The lowest BCUT2D eigenvalue weighted by molar-refractivity contribution is -0.150. The molecule has 238 valence electrons. The molecule has 0 radical (unpaired) electrons. The number of carboxylic acids is 1. The third kappa shape index (κ3) is 11.7. The quantitative estimate of drug-likeness (QED) is 0.121. The highest BCUT2D eigenvalue weighted by atomic mass is 31.2. The predicted molar refractivity (Wildman–Crippen MR) is 160 cm³/mol. The molecule has 3 aromatic carbocycles. The summed E-state index contributed by atoms with van der Waals surface area (Å²) in [5, 5.41) is 8.81. The maximum Gasteiger partial charge on any atom is 0.472 e. The highest BCUT2D eigenvalue weighted by Crippen LogP contribution is 2.45. The van der Waals surface area contributed by atoms with Crippen molar-refractivity contribution in [1.82, 2.24) is 0 Å². The number of rotatable bonds is 19. The van der Waals surface area contributed by atoms with Crippen LogP contribution in [0.5, 0.6) is 17.2 Å². The van der Waals surface area contributed by atoms with Crippen LogP contribution in [0.1, 0.15) is 30.9 Å². The van der Waals surface area contributed by atoms with E-state index in [0.29, 0.717) is 24.5 Å². The molecule has 4 atom stereocenters. The largest absolute Gasteiger partial charge is 0.489 e. The van der Waals surface area contributed by atoms with Gasteiger partial charge in [0.05, 0.1) is 12.7 Å². The molecular formula is C31H38NO11P. The first-order valence-electron chi connectivity index (χ1n) is 13.9. The molecule has 0 heterocycles. The highest BCUT2D eigenvalue weighted by Gasteiger charge is 2.33. The van der Waals surface area contributed by atoms with Gasteiger partial charge >= 0.3 is 19.8 Å². The number of hydrogen-bond acceptors (Lipinski definition) is 10. The van der Waals surface area contributed by atoms with E-state index in [0.717, 1.165) is 16.9 Å². The molecular weight excluding hydrogens is 593 g/mol. The van der Waals surface area contributed by atoms with Gasteiger partial charge in [0.25, 0.3) is 0 Å². The van der Waals surface area contributed by atoms with E-state index in [9.17, 15) is 19.0 Å². The Balaban J connectivity index is 1.49. The van der Waals surface area contributed by atoms with Crippen molar-refractivity contribution in [1.29, 1.82) is 0 Å². The van der Waals surface area contributed by atoms with Gasteiger partial charge in [-0.1, -0.05) is 55.5 Å². The first-order chi connectivity index (χ1) is 21.1. The lowest BCUT2D eigenvalue weighted by Crippen LogP contribution is -2.36. The van der Waals surface area contributed by atoms with Crippen LogP contribution in [0.3, 0.4) is 0 Å². The van der Waals surface area contributed by atoms with Gasteiger partial charge < -0.3 is 34.7 Å². The molecule has 0 aliphatic heterocycles. The average molecular weight is 632 g/mol. The summed E-state index contributed by atoms with van der Waals surface area (Å²) in [7, 11) is -3.33. The summed E-state index contributed by atoms with van der Waals surface area (Å²) in [5.41, 5.74) is 7.03. The molecule has 4 N–H and O–H groups in total. The van der Waals surface area contributed by atoms with Crippen molar-refractivity contribution in [3.8, 4) is 17.2 Å². The SMILES string of the molecule is CCC(OP(=O)(O)OC[C@H](N)C(=O)O)C(COC(=O)CCc1ccccc1OCc1cccc(Oc2ccccc2)c1)OC. The summed E-state index contributed by atoms with van der Waals surface area (Å²) in [4.78, 5) is 33.4. The van der Waals surface area contributed by atoms with Gasteiger partial charge in [0.15, 0.2) is 0 Å². The second kappa shape index (κ2) is 17.5. The first-order valence-corrected chi connectivity index (χ1v) is 15.4. The van der Waals surface area contributed by atoms with E-state index < -0.39 is 44.6 Å². The van der Waals surface area contributed by atoms with E-state index in [1.54, 1.807) is 6.92 Å². The lowest BCUT2D eigenvalue weighted by atomic mass is 10.1. The summed E-state index contributed by atoms with van der Waals surface area (Å²) in [6.07, 6.45) is -1.28. The highest BCUT2D eigenvalue weighted by molar-refractivity contribution is 7.47. The number of carbonyl (C=O) groups excluding carboxylic acids is 1. The van der Waals surface area contributed by atoms with Crippen LogP contribution in [0.25, 0.3) is 0 Å². The van der Waals surface area contributed by atoms with Gasteiger partial charge in [-0.2, -0.15) is 0 Å². The maximum absolute atomic E-state index is 12.6. The van der Waals surface area contributed by atoms with Crippen molar-refractivity contribution in [2.24, 2.45) is 5.73 Å². The van der Waals surface area contributed by atoms with Crippen LogP contribution >= 0.6 is 7.82 Å². The van der Waals surface area contributed by atoms with E-state index in [-0.39, 0.29) is 19.4 Å². The van der Waals surface area contributed by atoms with Crippen LogP contribution in [0, 0.1) is 0 Å². The van der Waals surface area contributed by atoms with E-state index in [1.807, 2.05) is 78.9 Å². The zero-order chi connectivity index (χ0) is 32.0. The van der Waals surface area contributed by atoms with Gasteiger partial charge in [-0.25, -0.2) is 4.57 Å². The Morgan fingerprint density at radius 2 is 1.64 bits per heavy atom. The monoisotopic (exact) mass is 631 g/mol. The number of nitrogens with two attached hydrogens (primary N) is 1. The van der Waals surface area contributed by atoms with E-state index in [2.05, 4.69) is 4.52 Å². The smallest absolute Gasteiger partial charge is 0.472 e. The number of hydrogen-bond donors (Lipinski definition) is 3. The van der Waals surface area contributed by atoms with E-state index >= 15 is 0 Å². The minimum atomic E-state index is -4.66. The summed E-state index contributed by atoms with van der Waals surface area (Å²) >= 11 is 0. The molecule has 0 saturated carbocycles. The Kier molecular flexibility index (Phi) is 13.8. The van der Waals surface area contributed by atoms with Gasteiger partial charge in [0, 0.05) is 13.5 Å². The molecule has 0 aliphatic carbocycles. The van der Waals surface area contributed by atoms with Gasteiger partial charge in [0.1, 0.15) is 42.6 Å². The number of aryl methyl sites for hydroxylation is 1. The number of aliphatic carboxylic acids is 1. The Labute approximate surface area is 256 Å². The summed E-state index contributed by atoms with van der Waals surface area (Å²) in [6, 6.07) is 23.0. The molecule has 0 spiro atoms. The number of para-hydroxylation sites is 2. The van der Waals surface area contributed by atoms with E-state index in [1.165, 1.54) is 7.11 Å². The fourth-order valence-electron chi connectivity index (χ4n) is 4.00. The van der Waals surface area contributed by atoms with Gasteiger partial charge in [0.2, 0.25) is 0 Å². The molecule has 0 fully saturated rings. The third-order valence-corrected chi connectivity index (χ3v) is 7.39. The minimum Gasteiger partial charge on any atom is -0.489 e. The van der Waals surface area contributed by atoms with Gasteiger partial charge in [-0.15, -0.1) is 0 Å². The third-order valence-electron chi connectivity index (χ3n) is 6.37. The van der Waals surface area contributed by atoms with Crippen LogP contribution in [0.2, 0.25) is 0 Å². The Bertz CT molecular complexity index is 1390. The fourth-order valence-corrected chi connectivity index (χ4v) is 5.04. The zero-order valence-electron chi connectivity index (χ0n) is 24.6. The van der Waals surface area contributed by atoms with Gasteiger partial charge in [-0.3, -0.25) is 18.6 Å². The predicted octanol–water partition coefficient (Wildman–Crippen LogP) is 4.87. The normalized spacial score (nSPS) is 14.5. The number of phosphoric ester groups is 1. The molecule has 0 aromatic heterocycles. The van der Waals surface area contributed by atoms with Crippen LogP contribution in [-0.2, 0) is 45.7 Å². The van der Waals surface area contributed by atoms with Crippen LogP contribution in [-0.4, -0.2) is 60.5 Å². The molecule has 0 aliphatic rings. The summed E-state index contributed by atoms with van der Waals surface area (Å²) in [6.45, 7) is 0.988. The Hall–Kier alpha value is -3.77. The number of ether oxygens (including phenoxy) is 4. The van der Waals surface area contributed by atoms with Crippen molar-refractivity contribution >= 4 is 19.8 Å². The number of methoxy groups -OCH3 is 1. The number of carboxylic acid groups (broad SMARTS) is 1.